The van der Waals surface area contributed by atoms with Gasteiger partial charge in [0.15, 0.2) is 0 Å². The second-order valence-corrected chi connectivity index (χ2v) is 8.37. The van der Waals surface area contributed by atoms with E-state index in [0.29, 0.717) is 38.9 Å². The van der Waals surface area contributed by atoms with Crippen molar-refractivity contribution in [2.75, 3.05) is 19.6 Å². The van der Waals surface area contributed by atoms with Gasteiger partial charge in [-0.2, -0.15) is 0 Å². The number of amides is 2. The maximum absolute atomic E-state index is 13.2. The topological polar surface area (TPSA) is 62.3 Å². The Morgan fingerprint density at radius 3 is 2.50 bits per heavy atom. The highest BCUT2D eigenvalue weighted by atomic mass is 16.2. The molecule has 5 heteroatoms. The minimum atomic E-state index is -0.520. The van der Waals surface area contributed by atoms with Crippen molar-refractivity contribution in [1.82, 2.24) is 15.2 Å². The highest BCUT2D eigenvalue weighted by Crippen LogP contribution is 2.37. The first-order valence-electron chi connectivity index (χ1n) is 10.6. The number of carbonyl (C=O) groups is 2. The third-order valence-corrected chi connectivity index (χ3v) is 5.90. The van der Waals surface area contributed by atoms with Gasteiger partial charge in [-0.25, -0.2) is 0 Å². The SMILES string of the molecule is C=CCNC(=O)C1(Cc2cccc(-c3ccncc3)c2)CCN(C(=O)C(C)C)CC1. The first-order chi connectivity index (χ1) is 14.4. The van der Waals surface area contributed by atoms with Gasteiger partial charge in [0.25, 0.3) is 0 Å². The fraction of sp³-hybridized carbons (Fsp3) is 0.400. The Morgan fingerprint density at radius 2 is 1.87 bits per heavy atom. The summed E-state index contributed by atoms with van der Waals surface area (Å²) in [4.78, 5) is 31.6. The summed E-state index contributed by atoms with van der Waals surface area (Å²) < 4.78 is 0. The Labute approximate surface area is 179 Å². The van der Waals surface area contributed by atoms with E-state index < -0.39 is 5.41 Å². The van der Waals surface area contributed by atoms with Gasteiger partial charge in [0.1, 0.15) is 0 Å². The number of hydrogen-bond acceptors (Lipinski definition) is 3. The number of benzene rings is 1. The number of aromatic nitrogens is 1. The number of nitrogens with zero attached hydrogens (tertiary/aromatic N) is 2. The van der Waals surface area contributed by atoms with Crippen molar-refractivity contribution in [2.45, 2.75) is 33.1 Å². The fourth-order valence-electron chi connectivity index (χ4n) is 4.15. The van der Waals surface area contributed by atoms with Crippen molar-refractivity contribution in [3.63, 3.8) is 0 Å². The van der Waals surface area contributed by atoms with E-state index in [9.17, 15) is 9.59 Å². The minimum absolute atomic E-state index is 0.0239. The molecule has 3 rings (SSSR count). The lowest BCUT2D eigenvalue weighted by Gasteiger charge is -2.41. The first-order valence-corrected chi connectivity index (χ1v) is 10.6. The van der Waals surface area contributed by atoms with E-state index in [1.807, 2.05) is 36.9 Å². The van der Waals surface area contributed by atoms with Gasteiger partial charge in [0.2, 0.25) is 11.8 Å². The molecule has 0 radical (unpaired) electrons. The lowest BCUT2D eigenvalue weighted by molar-refractivity contribution is -0.142. The van der Waals surface area contributed by atoms with Crippen molar-refractivity contribution in [3.05, 3.63) is 67.0 Å². The molecule has 0 unspecified atom stereocenters. The summed E-state index contributed by atoms with van der Waals surface area (Å²) >= 11 is 0. The smallest absolute Gasteiger partial charge is 0.226 e. The average Bonchev–Trinajstić information content (AvgIpc) is 2.78. The van der Waals surface area contributed by atoms with Crippen LogP contribution in [0.3, 0.4) is 0 Å². The van der Waals surface area contributed by atoms with Crippen LogP contribution in [0.15, 0.2) is 61.4 Å². The van der Waals surface area contributed by atoms with E-state index in [1.54, 1.807) is 18.5 Å². The number of hydrogen-bond donors (Lipinski definition) is 1. The van der Waals surface area contributed by atoms with Crippen molar-refractivity contribution in [1.29, 1.82) is 0 Å². The first kappa shape index (κ1) is 21.8. The average molecular weight is 406 g/mol. The molecule has 1 aromatic carbocycles. The maximum Gasteiger partial charge on any atom is 0.226 e. The highest BCUT2D eigenvalue weighted by molar-refractivity contribution is 5.84. The molecule has 0 aliphatic carbocycles. The van der Waals surface area contributed by atoms with Gasteiger partial charge in [-0.3, -0.25) is 14.6 Å². The monoisotopic (exact) mass is 405 g/mol. The van der Waals surface area contributed by atoms with E-state index in [4.69, 9.17) is 0 Å². The normalized spacial score (nSPS) is 15.6. The molecular formula is C25H31N3O2. The molecule has 5 nitrogen and oxygen atoms in total. The van der Waals surface area contributed by atoms with Crippen LogP contribution in [-0.2, 0) is 16.0 Å². The van der Waals surface area contributed by atoms with Crippen molar-refractivity contribution >= 4 is 11.8 Å². The van der Waals surface area contributed by atoms with Crippen molar-refractivity contribution < 1.29 is 9.59 Å². The van der Waals surface area contributed by atoms with Crippen LogP contribution in [0.1, 0.15) is 32.3 Å². The predicted molar refractivity (Wildman–Crippen MR) is 120 cm³/mol. The molecule has 0 bridgehead atoms. The predicted octanol–water partition coefficient (Wildman–Crippen LogP) is 3.86. The zero-order valence-electron chi connectivity index (χ0n) is 17.9. The van der Waals surface area contributed by atoms with E-state index in [-0.39, 0.29) is 17.7 Å². The molecule has 1 fully saturated rings. The van der Waals surface area contributed by atoms with Crippen LogP contribution in [0, 0.1) is 11.3 Å². The summed E-state index contributed by atoms with van der Waals surface area (Å²) in [5.41, 5.74) is 2.83. The number of rotatable bonds is 7. The molecule has 30 heavy (non-hydrogen) atoms. The largest absolute Gasteiger partial charge is 0.352 e. The molecular weight excluding hydrogens is 374 g/mol. The number of piperidine rings is 1. The maximum atomic E-state index is 13.2. The summed E-state index contributed by atoms with van der Waals surface area (Å²) in [7, 11) is 0. The molecule has 1 aliphatic heterocycles. The van der Waals surface area contributed by atoms with Crippen LogP contribution >= 0.6 is 0 Å². The van der Waals surface area contributed by atoms with E-state index in [2.05, 4.69) is 35.1 Å². The zero-order chi connectivity index (χ0) is 21.6. The lowest BCUT2D eigenvalue weighted by Crippen LogP contribution is -2.52. The molecule has 0 saturated carbocycles. The van der Waals surface area contributed by atoms with Gasteiger partial charge >= 0.3 is 0 Å². The molecule has 0 spiro atoms. The van der Waals surface area contributed by atoms with Gasteiger partial charge in [0, 0.05) is 37.9 Å². The molecule has 0 atom stereocenters. The van der Waals surface area contributed by atoms with E-state index >= 15 is 0 Å². The Balaban J connectivity index is 1.83. The third-order valence-electron chi connectivity index (χ3n) is 5.90. The second-order valence-electron chi connectivity index (χ2n) is 8.37. The number of likely N-dealkylation sites (tertiary alicyclic amines) is 1. The van der Waals surface area contributed by atoms with Crippen LogP contribution in [0.4, 0.5) is 0 Å². The van der Waals surface area contributed by atoms with Crippen LogP contribution < -0.4 is 5.32 Å². The summed E-state index contributed by atoms with van der Waals surface area (Å²) in [6.07, 6.45) is 7.24. The van der Waals surface area contributed by atoms with Gasteiger partial charge in [0.05, 0.1) is 5.41 Å². The van der Waals surface area contributed by atoms with E-state index in [1.165, 1.54) is 0 Å². The molecule has 158 valence electrons. The van der Waals surface area contributed by atoms with Crippen molar-refractivity contribution in [3.8, 4) is 11.1 Å². The number of pyridine rings is 1. The van der Waals surface area contributed by atoms with Crippen molar-refractivity contribution in [2.24, 2.45) is 11.3 Å². The van der Waals surface area contributed by atoms with Gasteiger partial charge in [-0.1, -0.05) is 44.2 Å². The van der Waals surface area contributed by atoms with Gasteiger partial charge in [-0.15, -0.1) is 6.58 Å². The Bertz CT molecular complexity index is 884. The van der Waals surface area contributed by atoms with Crippen LogP contribution in [0.25, 0.3) is 11.1 Å². The second kappa shape index (κ2) is 9.70. The lowest BCUT2D eigenvalue weighted by atomic mass is 9.72. The molecule has 2 amide bonds. The Kier molecular flexibility index (Phi) is 7.03. The van der Waals surface area contributed by atoms with Crippen LogP contribution in [-0.4, -0.2) is 41.3 Å². The molecule has 1 aliphatic rings. The standard InChI is InChI=1S/C25H31N3O2/c1-4-12-27-24(30)25(10-15-28(16-11-25)23(29)19(2)3)18-20-6-5-7-22(17-20)21-8-13-26-14-9-21/h4-9,13-14,17,19H,1,10-12,15-16,18H2,2-3H3,(H,27,30). The Morgan fingerprint density at radius 1 is 1.17 bits per heavy atom. The summed E-state index contributed by atoms with van der Waals surface area (Å²) in [5, 5.41) is 3.01. The summed E-state index contributed by atoms with van der Waals surface area (Å²) in [6, 6.07) is 12.3. The van der Waals surface area contributed by atoms with Crippen LogP contribution in [0.5, 0.6) is 0 Å². The number of carbonyl (C=O) groups excluding carboxylic acids is 2. The molecule has 1 N–H and O–H groups in total. The fourth-order valence-corrected chi connectivity index (χ4v) is 4.15. The van der Waals surface area contributed by atoms with E-state index in [0.717, 1.165) is 16.7 Å². The number of nitrogens with one attached hydrogen (secondary N) is 1. The highest BCUT2D eigenvalue weighted by Gasteiger charge is 2.42. The molecule has 2 aromatic rings. The summed E-state index contributed by atoms with van der Waals surface area (Å²) in [5.74, 6) is 0.187. The summed E-state index contributed by atoms with van der Waals surface area (Å²) in [6.45, 7) is 9.23. The Hall–Kier alpha value is -2.95. The molecule has 2 heterocycles. The quantitative estimate of drug-likeness (QED) is 0.712. The molecule has 1 aromatic heterocycles. The zero-order valence-corrected chi connectivity index (χ0v) is 17.9. The van der Waals surface area contributed by atoms with Gasteiger partial charge in [-0.05, 0) is 48.1 Å². The minimum Gasteiger partial charge on any atom is -0.352 e. The third kappa shape index (κ3) is 4.96. The van der Waals surface area contributed by atoms with Crippen LogP contribution in [0.2, 0.25) is 0 Å². The van der Waals surface area contributed by atoms with Gasteiger partial charge < -0.3 is 10.2 Å². The molecule has 1 saturated heterocycles.